The first-order chi connectivity index (χ1) is 13.0. The number of aromatic nitrogens is 5. The Morgan fingerprint density at radius 3 is 2.78 bits per heavy atom. The minimum atomic E-state index is -0.337. The van der Waals surface area contributed by atoms with Crippen molar-refractivity contribution in [2.45, 2.75) is 19.6 Å². The fraction of sp³-hybridized carbons (Fsp3) is 0.222. The van der Waals surface area contributed by atoms with Crippen LogP contribution in [-0.4, -0.2) is 31.8 Å². The van der Waals surface area contributed by atoms with Crippen molar-refractivity contribution < 1.29 is 9.29 Å². The second-order valence-corrected chi connectivity index (χ2v) is 7.83. The molecule has 1 N–H and O–H groups in total. The lowest BCUT2D eigenvalue weighted by atomic mass is 10.3. The molecule has 27 heavy (non-hydrogen) atoms. The number of quaternary nitrogens is 1. The van der Waals surface area contributed by atoms with Crippen LogP contribution in [0.25, 0.3) is 15.9 Å². The molecule has 6 nitrogen and oxygen atoms in total. The molecule has 2 atom stereocenters. The number of nitrogens with one attached hydrogen (secondary N) is 1. The fourth-order valence-corrected chi connectivity index (χ4v) is 4.16. The Morgan fingerprint density at radius 1 is 1.19 bits per heavy atom. The Kier molecular flexibility index (Phi) is 4.81. The Morgan fingerprint density at radius 2 is 2.00 bits per heavy atom. The van der Waals surface area contributed by atoms with Gasteiger partial charge in [0.2, 0.25) is 4.77 Å². The lowest BCUT2D eigenvalue weighted by molar-refractivity contribution is -0.933. The Bertz CT molecular complexity index is 1110. The third-order valence-corrected chi connectivity index (χ3v) is 6.11. The summed E-state index contributed by atoms with van der Waals surface area (Å²) in [5.74, 6) is -0.337. The monoisotopic (exact) mass is 401 g/mol. The van der Waals surface area contributed by atoms with Crippen LogP contribution in [0.4, 0.5) is 4.39 Å². The van der Waals surface area contributed by atoms with Crippen molar-refractivity contribution in [3.63, 3.8) is 0 Å². The molecule has 0 spiro atoms. The third kappa shape index (κ3) is 3.53. The summed E-state index contributed by atoms with van der Waals surface area (Å²) < 4.78 is 18.2. The molecule has 0 aliphatic heterocycles. The maximum Gasteiger partial charge on any atom is 0.225 e. The molecule has 9 heteroatoms. The zero-order chi connectivity index (χ0) is 19.0. The van der Waals surface area contributed by atoms with Crippen LogP contribution in [0.2, 0.25) is 0 Å². The fourth-order valence-electron chi connectivity index (χ4n) is 2.80. The van der Waals surface area contributed by atoms with Gasteiger partial charge in [-0.25, -0.2) is 9.37 Å². The van der Waals surface area contributed by atoms with E-state index in [1.54, 1.807) is 28.2 Å². The van der Waals surface area contributed by atoms with Crippen molar-refractivity contribution in [1.29, 1.82) is 0 Å². The average Bonchev–Trinajstić information content (AvgIpc) is 3.25. The van der Waals surface area contributed by atoms with E-state index in [0.717, 1.165) is 10.5 Å². The largest absolute Gasteiger partial charge is 0.311 e. The molecule has 0 radical (unpaired) electrons. The number of nitrogens with zero attached hydrogens (tertiary/aromatic N) is 5. The van der Waals surface area contributed by atoms with E-state index in [-0.39, 0.29) is 11.9 Å². The number of tetrazole rings is 1. The smallest absolute Gasteiger partial charge is 0.225 e. The van der Waals surface area contributed by atoms with Gasteiger partial charge in [-0.3, -0.25) is 0 Å². The van der Waals surface area contributed by atoms with Crippen LogP contribution >= 0.6 is 23.6 Å². The van der Waals surface area contributed by atoms with E-state index < -0.39 is 0 Å². The SMILES string of the molecule is C[C@H](c1nc2ccccc2s1)[NH+](C)Cn1nnn(-c2cccc(F)c2)c1=S. The van der Waals surface area contributed by atoms with Crippen molar-refractivity contribution in [3.8, 4) is 5.69 Å². The van der Waals surface area contributed by atoms with Gasteiger partial charge < -0.3 is 4.90 Å². The molecule has 0 amide bonds. The third-order valence-electron chi connectivity index (χ3n) is 4.51. The van der Waals surface area contributed by atoms with E-state index in [1.165, 1.54) is 26.4 Å². The molecular formula is C18H18FN6S2+. The second kappa shape index (κ2) is 7.26. The predicted molar refractivity (Wildman–Crippen MR) is 105 cm³/mol. The first-order valence-corrected chi connectivity index (χ1v) is 9.72. The summed E-state index contributed by atoms with van der Waals surface area (Å²) in [4.78, 5) is 5.92. The Balaban J connectivity index is 1.56. The molecule has 138 valence electrons. The standard InChI is InChI=1S/C18H17FN6S2/c1-12(17-20-15-8-3-4-9-16(15)27-17)23(2)11-24-18(26)25(22-21-24)14-7-5-6-13(19)10-14/h3-10,12H,11H2,1-2H3/p+1/t12-/m1/s1. The summed E-state index contributed by atoms with van der Waals surface area (Å²) in [5.41, 5.74) is 1.58. The number of fused-ring (bicyclic) bond motifs is 1. The summed E-state index contributed by atoms with van der Waals surface area (Å²) in [6, 6.07) is 14.4. The van der Waals surface area contributed by atoms with Gasteiger partial charge in [0.25, 0.3) is 0 Å². The summed E-state index contributed by atoms with van der Waals surface area (Å²) >= 11 is 7.18. The molecule has 4 rings (SSSR count). The lowest BCUT2D eigenvalue weighted by Crippen LogP contribution is -3.08. The maximum atomic E-state index is 13.5. The molecule has 0 bridgehead atoms. The number of rotatable bonds is 5. The van der Waals surface area contributed by atoms with Gasteiger partial charge in [0.15, 0.2) is 11.7 Å². The van der Waals surface area contributed by atoms with E-state index in [0.29, 0.717) is 17.1 Å². The number of para-hydroxylation sites is 1. The van der Waals surface area contributed by atoms with Crippen LogP contribution in [0.1, 0.15) is 18.0 Å². The van der Waals surface area contributed by atoms with E-state index in [4.69, 9.17) is 17.2 Å². The van der Waals surface area contributed by atoms with Gasteiger partial charge in [-0.15, -0.1) is 11.3 Å². The van der Waals surface area contributed by atoms with Gasteiger partial charge in [0.1, 0.15) is 11.9 Å². The molecule has 4 aromatic rings. The molecule has 2 aromatic heterocycles. The number of thiazole rings is 1. The highest BCUT2D eigenvalue weighted by Crippen LogP contribution is 2.24. The average molecular weight is 402 g/mol. The number of hydrogen-bond acceptors (Lipinski definition) is 5. The number of hydrogen-bond donors (Lipinski definition) is 1. The number of halogens is 1. The molecule has 0 fully saturated rings. The highest BCUT2D eigenvalue weighted by atomic mass is 32.1. The van der Waals surface area contributed by atoms with Gasteiger partial charge >= 0.3 is 0 Å². The van der Waals surface area contributed by atoms with Gasteiger partial charge in [-0.2, -0.15) is 9.36 Å². The van der Waals surface area contributed by atoms with Crippen LogP contribution in [0.15, 0.2) is 48.5 Å². The topological polar surface area (TPSA) is 53.0 Å². The maximum absolute atomic E-state index is 13.5. The lowest BCUT2D eigenvalue weighted by Gasteiger charge is -2.19. The molecule has 0 saturated heterocycles. The zero-order valence-electron chi connectivity index (χ0n) is 14.8. The normalized spacial score (nSPS) is 13.7. The van der Waals surface area contributed by atoms with E-state index in [9.17, 15) is 4.39 Å². The summed E-state index contributed by atoms with van der Waals surface area (Å²) in [7, 11) is 2.07. The number of benzene rings is 2. The summed E-state index contributed by atoms with van der Waals surface area (Å²) in [6.07, 6.45) is 0. The molecule has 0 aliphatic rings. The van der Waals surface area contributed by atoms with Crippen molar-refractivity contribution in [2.75, 3.05) is 7.05 Å². The quantitative estimate of drug-likeness (QED) is 0.523. The minimum Gasteiger partial charge on any atom is -0.311 e. The molecular weight excluding hydrogens is 383 g/mol. The van der Waals surface area contributed by atoms with Crippen LogP contribution in [0.5, 0.6) is 0 Å². The van der Waals surface area contributed by atoms with Gasteiger partial charge in [-0.05, 0) is 59.9 Å². The minimum absolute atomic E-state index is 0.170. The molecule has 0 saturated carbocycles. The zero-order valence-corrected chi connectivity index (χ0v) is 16.5. The summed E-state index contributed by atoms with van der Waals surface area (Å²) in [6.45, 7) is 2.67. The molecule has 2 heterocycles. The van der Waals surface area contributed by atoms with Crippen LogP contribution in [0.3, 0.4) is 0 Å². The highest BCUT2D eigenvalue weighted by molar-refractivity contribution is 7.71. The van der Waals surface area contributed by atoms with Gasteiger partial charge in [-0.1, -0.05) is 18.2 Å². The Labute approximate surface area is 164 Å². The van der Waals surface area contributed by atoms with Crippen molar-refractivity contribution >= 4 is 33.8 Å². The predicted octanol–water partition coefficient (Wildman–Crippen LogP) is 2.78. The van der Waals surface area contributed by atoms with Crippen LogP contribution < -0.4 is 4.90 Å². The molecule has 2 aromatic carbocycles. The Hall–Kier alpha value is -2.49. The van der Waals surface area contributed by atoms with E-state index in [1.807, 2.05) is 18.2 Å². The van der Waals surface area contributed by atoms with Crippen molar-refractivity contribution in [2.24, 2.45) is 0 Å². The van der Waals surface area contributed by atoms with Gasteiger partial charge in [0, 0.05) is 0 Å². The van der Waals surface area contributed by atoms with E-state index >= 15 is 0 Å². The molecule has 1 unspecified atom stereocenters. The molecule has 0 aliphatic carbocycles. The van der Waals surface area contributed by atoms with Crippen molar-refractivity contribution in [1.82, 2.24) is 24.8 Å². The van der Waals surface area contributed by atoms with Crippen LogP contribution in [0, 0.1) is 10.6 Å². The second-order valence-electron chi connectivity index (χ2n) is 6.40. The van der Waals surface area contributed by atoms with Crippen molar-refractivity contribution in [3.05, 3.63) is 64.1 Å². The van der Waals surface area contributed by atoms with E-state index in [2.05, 4.69) is 30.5 Å². The summed E-state index contributed by atoms with van der Waals surface area (Å²) in [5, 5.41) is 9.29. The first-order valence-electron chi connectivity index (χ1n) is 8.49. The highest BCUT2D eigenvalue weighted by Gasteiger charge is 2.21. The van der Waals surface area contributed by atoms with Crippen LogP contribution in [-0.2, 0) is 6.67 Å². The first kappa shape index (κ1) is 17.9. The van der Waals surface area contributed by atoms with Gasteiger partial charge in [0.05, 0.1) is 23.0 Å².